The second-order valence-corrected chi connectivity index (χ2v) is 4.26. The summed E-state index contributed by atoms with van der Waals surface area (Å²) in [5.74, 6) is 0. The molecule has 0 radical (unpaired) electrons. The molecule has 0 spiro atoms. The number of halogens is 4. The molecule has 0 aliphatic rings. The van der Waals surface area contributed by atoms with Gasteiger partial charge in [-0.2, -0.15) is 13.2 Å². The number of hydrogen-bond donors (Lipinski definition) is 1. The lowest BCUT2D eigenvalue weighted by Gasteiger charge is -2.29. The van der Waals surface area contributed by atoms with E-state index >= 15 is 0 Å². The maximum atomic E-state index is 12.9. The van der Waals surface area contributed by atoms with E-state index in [2.05, 4.69) is 0 Å². The quantitative estimate of drug-likeness (QED) is 0.913. The molecule has 0 heterocycles. The fourth-order valence-corrected chi connectivity index (χ4v) is 1.69. The molecule has 1 rings (SSSR count). The van der Waals surface area contributed by atoms with Gasteiger partial charge in [-0.1, -0.05) is 17.7 Å². The predicted octanol–water partition coefficient (Wildman–Crippen LogP) is 3.18. The molecule has 0 bridgehead atoms. The van der Waals surface area contributed by atoms with Crippen molar-refractivity contribution in [1.82, 2.24) is 0 Å². The zero-order valence-electron chi connectivity index (χ0n) is 9.44. The van der Waals surface area contributed by atoms with Crippen molar-refractivity contribution in [3.8, 4) is 0 Å². The van der Waals surface area contributed by atoms with E-state index in [0.717, 1.165) is 6.07 Å². The topological polar surface area (TPSA) is 35.2 Å². The van der Waals surface area contributed by atoms with Crippen molar-refractivity contribution in [2.24, 2.45) is 5.73 Å². The molecule has 0 fully saturated rings. The maximum Gasteiger partial charge on any atom is 0.416 e. The number of benzene rings is 1. The molecule has 96 valence electrons. The van der Waals surface area contributed by atoms with Crippen molar-refractivity contribution in [3.05, 3.63) is 34.3 Å². The Morgan fingerprint density at radius 2 is 1.88 bits per heavy atom. The van der Waals surface area contributed by atoms with E-state index < -0.39 is 17.3 Å². The summed E-state index contributed by atoms with van der Waals surface area (Å²) in [5.41, 5.74) is 3.46. The minimum Gasteiger partial charge on any atom is -0.372 e. The van der Waals surface area contributed by atoms with E-state index in [4.69, 9.17) is 22.1 Å². The highest BCUT2D eigenvalue weighted by Gasteiger charge is 2.39. The smallest absolute Gasteiger partial charge is 0.372 e. The van der Waals surface area contributed by atoms with Crippen molar-refractivity contribution >= 4 is 11.6 Å². The summed E-state index contributed by atoms with van der Waals surface area (Å²) in [6.07, 6.45) is -4.49. The van der Waals surface area contributed by atoms with Crippen LogP contribution in [0.1, 0.15) is 18.1 Å². The van der Waals surface area contributed by atoms with E-state index in [1.54, 1.807) is 0 Å². The highest BCUT2D eigenvalue weighted by Crippen LogP contribution is 2.38. The van der Waals surface area contributed by atoms with E-state index in [1.165, 1.54) is 26.2 Å². The lowest BCUT2D eigenvalue weighted by atomic mass is 9.91. The highest BCUT2D eigenvalue weighted by atomic mass is 35.5. The van der Waals surface area contributed by atoms with Gasteiger partial charge in [-0.3, -0.25) is 0 Å². The molecule has 1 atom stereocenters. The number of nitrogens with two attached hydrogens (primary N) is 1. The first-order valence-electron chi connectivity index (χ1n) is 4.87. The molecule has 6 heteroatoms. The first-order chi connectivity index (χ1) is 7.74. The van der Waals surface area contributed by atoms with Crippen molar-refractivity contribution in [1.29, 1.82) is 0 Å². The van der Waals surface area contributed by atoms with Crippen LogP contribution in [0.25, 0.3) is 0 Å². The van der Waals surface area contributed by atoms with Gasteiger partial charge in [-0.25, -0.2) is 0 Å². The molecular formula is C11H13ClF3NO. The molecule has 0 aliphatic heterocycles. The standard InChI is InChI=1S/C11H13ClF3NO/c1-10(6-16,17-2)8-4-3-7(12)5-9(8)11(13,14)15/h3-5H,6,16H2,1-2H3. The van der Waals surface area contributed by atoms with Gasteiger partial charge in [0.15, 0.2) is 0 Å². The fraction of sp³-hybridized carbons (Fsp3) is 0.455. The molecule has 1 aromatic carbocycles. The summed E-state index contributed by atoms with van der Waals surface area (Å²) in [4.78, 5) is 0. The van der Waals surface area contributed by atoms with Crippen LogP contribution in [0.4, 0.5) is 13.2 Å². The monoisotopic (exact) mass is 267 g/mol. The predicted molar refractivity (Wildman–Crippen MR) is 59.9 cm³/mol. The average molecular weight is 268 g/mol. The molecule has 0 amide bonds. The number of hydrogen-bond acceptors (Lipinski definition) is 2. The normalized spacial score (nSPS) is 15.7. The van der Waals surface area contributed by atoms with E-state index in [9.17, 15) is 13.2 Å². The van der Waals surface area contributed by atoms with Gasteiger partial charge >= 0.3 is 6.18 Å². The van der Waals surface area contributed by atoms with Crippen LogP contribution in [0, 0.1) is 0 Å². The van der Waals surface area contributed by atoms with Crippen molar-refractivity contribution < 1.29 is 17.9 Å². The van der Waals surface area contributed by atoms with Gasteiger partial charge < -0.3 is 10.5 Å². The Hall–Kier alpha value is -0.780. The summed E-state index contributed by atoms with van der Waals surface area (Å²) >= 11 is 5.59. The van der Waals surface area contributed by atoms with Crippen LogP contribution in [-0.2, 0) is 16.5 Å². The number of ether oxygens (including phenoxy) is 1. The second-order valence-electron chi connectivity index (χ2n) is 3.83. The van der Waals surface area contributed by atoms with Gasteiger partial charge in [0, 0.05) is 18.7 Å². The van der Waals surface area contributed by atoms with Crippen LogP contribution in [0.2, 0.25) is 5.02 Å². The number of alkyl halides is 3. The Balaban J connectivity index is 3.43. The van der Waals surface area contributed by atoms with Crippen LogP contribution >= 0.6 is 11.6 Å². The first kappa shape index (κ1) is 14.3. The molecule has 1 unspecified atom stereocenters. The zero-order valence-corrected chi connectivity index (χ0v) is 10.2. The lowest BCUT2D eigenvalue weighted by Crippen LogP contribution is -2.35. The summed E-state index contributed by atoms with van der Waals surface area (Å²) in [5, 5.41) is 0.0246. The van der Waals surface area contributed by atoms with Crippen molar-refractivity contribution in [2.45, 2.75) is 18.7 Å². The molecule has 1 aromatic rings. The van der Waals surface area contributed by atoms with Gasteiger partial charge in [0.05, 0.1) is 5.56 Å². The molecule has 0 saturated heterocycles. The van der Waals surface area contributed by atoms with Crippen LogP contribution in [0.5, 0.6) is 0 Å². The Kier molecular flexibility index (Phi) is 4.06. The number of methoxy groups -OCH3 is 1. The summed E-state index contributed by atoms with van der Waals surface area (Å²) in [7, 11) is 1.32. The third-order valence-corrected chi connectivity index (χ3v) is 2.93. The van der Waals surface area contributed by atoms with Crippen molar-refractivity contribution in [3.63, 3.8) is 0 Å². The van der Waals surface area contributed by atoms with Crippen LogP contribution in [0.3, 0.4) is 0 Å². The van der Waals surface area contributed by atoms with Gasteiger partial charge in [-0.15, -0.1) is 0 Å². The Morgan fingerprint density at radius 3 is 2.29 bits per heavy atom. The van der Waals surface area contributed by atoms with Gasteiger partial charge in [0.1, 0.15) is 5.60 Å². The molecule has 2 N–H and O–H groups in total. The Morgan fingerprint density at radius 1 is 1.29 bits per heavy atom. The third-order valence-electron chi connectivity index (χ3n) is 2.70. The first-order valence-corrected chi connectivity index (χ1v) is 5.25. The largest absolute Gasteiger partial charge is 0.416 e. The van der Waals surface area contributed by atoms with Gasteiger partial charge in [0.2, 0.25) is 0 Å². The Bertz CT molecular complexity index is 402. The minimum absolute atomic E-state index is 0.0144. The van der Waals surface area contributed by atoms with E-state index in [0.29, 0.717) is 0 Å². The third kappa shape index (κ3) is 2.91. The molecular weight excluding hydrogens is 255 g/mol. The summed E-state index contributed by atoms with van der Waals surface area (Å²) in [6.45, 7) is 1.44. The lowest BCUT2D eigenvalue weighted by molar-refractivity contribution is -0.140. The highest BCUT2D eigenvalue weighted by molar-refractivity contribution is 6.30. The second kappa shape index (κ2) is 4.84. The van der Waals surface area contributed by atoms with Crippen LogP contribution < -0.4 is 5.73 Å². The van der Waals surface area contributed by atoms with Gasteiger partial charge in [-0.05, 0) is 24.6 Å². The van der Waals surface area contributed by atoms with Crippen LogP contribution in [0.15, 0.2) is 18.2 Å². The fourth-order valence-electron chi connectivity index (χ4n) is 1.52. The molecule has 2 nitrogen and oxygen atoms in total. The Labute approximate surface area is 103 Å². The molecule has 17 heavy (non-hydrogen) atoms. The SMILES string of the molecule is COC(C)(CN)c1ccc(Cl)cc1C(F)(F)F. The molecule has 0 aliphatic carbocycles. The molecule has 0 saturated carbocycles. The minimum atomic E-state index is -4.49. The average Bonchev–Trinajstić information content (AvgIpc) is 2.27. The maximum absolute atomic E-state index is 12.9. The summed E-state index contributed by atoms with van der Waals surface area (Å²) in [6, 6.07) is 3.56. The van der Waals surface area contributed by atoms with Crippen LogP contribution in [-0.4, -0.2) is 13.7 Å². The molecule has 0 aromatic heterocycles. The summed E-state index contributed by atoms with van der Waals surface area (Å²) < 4.78 is 43.7. The zero-order chi connectivity index (χ0) is 13.3. The van der Waals surface area contributed by atoms with Gasteiger partial charge in [0.25, 0.3) is 0 Å². The van der Waals surface area contributed by atoms with Crippen molar-refractivity contribution in [2.75, 3.05) is 13.7 Å². The van der Waals surface area contributed by atoms with E-state index in [1.807, 2.05) is 0 Å². The van der Waals surface area contributed by atoms with E-state index in [-0.39, 0.29) is 17.1 Å². The number of rotatable bonds is 3.